The average molecular weight is 616 g/mol. The molecule has 3 amide bonds. The first-order chi connectivity index (χ1) is 21.8. The third-order valence-electron chi connectivity index (χ3n) is 7.04. The summed E-state index contributed by atoms with van der Waals surface area (Å²) in [4.78, 5) is 52.7. The minimum atomic E-state index is -0.326. The first-order valence-electron chi connectivity index (χ1n) is 14.7. The molecular weight excluding hydrogens is 574 g/mol. The van der Waals surface area contributed by atoms with Gasteiger partial charge in [-0.2, -0.15) is 0 Å². The maximum atomic E-state index is 13.1. The maximum absolute atomic E-state index is 13.1. The number of fused-ring (bicyclic) bond motifs is 2. The van der Waals surface area contributed by atoms with Gasteiger partial charge in [0.05, 0.1) is 0 Å². The second-order valence-corrected chi connectivity index (χ2v) is 10.1. The van der Waals surface area contributed by atoms with Crippen LogP contribution < -0.4 is 37.2 Å². The Labute approximate surface area is 261 Å². The van der Waals surface area contributed by atoms with Crippen LogP contribution >= 0.6 is 0 Å². The van der Waals surface area contributed by atoms with E-state index < -0.39 is 0 Å². The van der Waals surface area contributed by atoms with E-state index in [-0.39, 0.29) is 17.7 Å². The molecule has 14 heteroatoms. The Kier molecular flexibility index (Phi) is 11.4. The van der Waals surface area contributed by atoms with Crippen molar-refractivity contribution < 1.29 is 14.4 Å². The van der Waals surface area contributed by atoms with Crippen molar-refractivity contribution in [3.63, 3.8) is 0 Å². The van der Waals surface area contributed by atoms with E-state index in [1.807, 2.05) is 6.07 Å². The number of aromatic nitrogens is 2. The van der Waals surface area contributed by atoms with Crippen molar-refractivity contribution in [3.05, 3.63) is 65.5 Å². The van der Waals surface area contributed by atoms with E-state index in [9.17, 15) is 14.4 Å². The van der Waals surface area contributed by atoms with Crippen molar-refractivity contribution in [2.24, 2.45) is 9.98 Å². The van der Waals surface area contributed by atoms with E-state index >= 15 is 0 Å². The summed E-state index contributed by atoms with van der Waals surface area (Å²) < 4.78 is 0. The fraction of sp³-hybridized carbons (Fsp3) is 0.323. The van der Waals surface area contributed by atoms with Gasteiger partial charge in [-0.15, -0.1) is 0 Å². The highest BCUT2D eigenvalue weighted by Crippen LogP contribution is 2.22. The van der Waals surface area contributed by atoms with E-state index in [0.29, 0.717) is 60.7 Å². The summed E-state index contributed by atoms with van der Waals surface area (Å²) in [5.74, 6) is 0.675. The van der Waals surface area contributed by atoms with Crippen molar-refractivity contribution in [2.75, 3.05) is 59.7 Å². The van der Waals surface area contributed by atoms with Crippen molar-refractivity contribution in [3.8, 4) is 0 Å². The van der Waals surface area contributed by atoms with Crippen LogP contribution in [0, 0.1) is 0 Å². The lowest BCUT2D eigenvalue weighted by Crippen LogP contribution is -2.36. The summed E-state index contributed by atoms with van der Waals surface area (Å²) in [5, 5.41) is 22.5. The standard InChI is InChI=1S/C31H41N11O3/c1-32-30(33-2)38-13-5-11-36-27(43)20-8-10-23-21(15-20)17-26(41-23)29(45)40-22-9-7-19-16-25(42-24(19)18-22)28(44)37-12-6-14-39-31(34-3)35-4/h7-10,15-18,41-42H,5-6,11-14H2,1-4H3,(H,36,43)(H,37,44)(H,40,45)(H2,32,33,38)(H2,34,35,39). The molecular formula is C31H41N11O3. The summed E-state index contributed by atoms with van der Waals surface area (Å²) >= 11 is 0. The highest BCUT2D eigenvalue weighted by molar-refractivity contribution is 6.08. The molecule has 0 aliphatic carbocycles. The lowest BCUT2D eigenvalue weighted by molar-refractivity contribution is 0.0943. The SMILES string of the molecule is CN=C(NC)NCCCNC(=O)c1ccc2[nH]c(C(=O)Nc3ccc4cc(C(=O)NCCCNC(=NC)NC)[nH]c4c3)cc2c1. The third kappa shape index (κ3) is 8.75. The fourth-order valence-electron chi connectivity index (χ4n) is 4.67. The Hall–Kier alpha value is -5.53. The Bertz CT molecular complexity index is 1700. The number of aliphatic imine (C=N–C) groups is 2. The van der Waals surface area contributed by atoms with Crippen molar-refractivity contribution in [2.45, 2.75) is 12.8 Å². The summed E-state index contributed by atoms with van der Waals surface area (Å²) in [6.07, 6.45) is 1.47. The summed E-state index contributed by atoms with van der Waals surface area (Å²) in [6.45, 7) is 2.35. The number of anilines is 1. The van der Waals surface area contributed by atoms with Crippen LogP contribution in [0.3, 0.4) is 0 Å². The van der Waals surface area contributed by atoms with Crippen LogP contribution in [-0.2, 0) is 0 Å². The lowest BCUT2D eigenvalue weighted by atomic mass is 10.1. The zero-order valence-electron chi connectivity index (χ0n) is 26.0. The molecule has 0 bridgehead atoms. The lowest BCUT2D eigenvalue weighted by Gasteiger charge is -2.09. The third-order valence-corrected chi connectivity index (χ3v) is 7.04. The number of nitrogens with zero attached hydrogens (tertiary/aromatic N) is 2. The molecule has 9 N–H and O–H groups in total. The van der Waals surface area contributed by atoms with Gasteiger partial charge in [0.25, 0.3) is 17.7 Å². The van der Waals surface area contributed by atoms with Gasteiger partial charge < -0.3 is 47.2 Å². The van der Waals surface area contributed by atoms with Gasteiger partial charge >= 0.3 is 0 Å². The van der Waals surface area contributed by atoms with Gasteiger partial charge in [-0.25, -0.2) is 0 Å². The largest absolute Gasteiger partial charge is 0.359 e. The Morgan fingerprint density at radius 3 is 1.84 bits per heavy atom. The van der Waals surface area contributed by atoms with E-state index in [2.05, 4.69) is 57.2 Å². The quantitative estimate of drug-likeness (QED) is 0.0658. The summed E-state index contributed by atoms with van der Waals surface area (Å²) in [6, 6.07) is 14.2. The second-order valence-electron chi connectivity index (χ2n) is 10.1. The van der Waals surface area contributed by atoms with E-state index in [4.69, 9.17) is 0 Å². The van der Waals surface area contributed by atoms with Crippen LogP contribution in [0.1, 0.15) is 44.2 Å². The number of carbonyl (C=O) groups excluding carboxylic acids is 3. The molecule has 238 valence electrons. The van der Waals surface area contributed by atoms with Crippen LogP contribution in [0.5, 0.6) is 0 Å². The van der Waals surface area contributed by atoms with Gasteiger partial charge in [0.2, 0.25) is 0 Å². The van der Waals surface area contributed by atoms with E-state index in [1.54, 1.807) is 70.7 Å². The molecule has 4 aromatic rings. The zero-order valence-corrected chi connectivity index (χ0v) is 26.0. The Balaban J connectivity index is 1.30. The predicted molar refractivity (Wildman–Crippen MR) is 179 cm³/mol. The molecule has 2 aromatic heterocycles. The fourth-order valence-corrected chi connectivity index (χ4v) is 4.67. The Morgan fingerprint density at radius 1 is 0.622 bits per heavy atom. The van der Waals surface area contributed by atoms with Gasteiger partial charge in [0, 0.05) is 87.4 Å². The highest BCUT2D eigenvalue weighted by Gasteiger charge is 2.14. The molecule has 45 heavy (non-hydrogen) atoms. The maximum Gasteiger partial charge on any atom is 0.272 e. The van der Waals surface area contributed by atoms with E-state index in [1.165, 1.54) is 0 Å². The number of nitrogens with one attached hydrogen (secondary N) is 9. The van der Waals surface area contributed by atoms with Gasteiger partial charge in [-0.3, -0.25) is 24.4 Å². The molecule has 0 unspecified atom stereocenters. The molecule has 0 radical (unpaired) electrons. The molecule has 2 heterocycles. The number of benzene rings is 2. The minimum Gasteiger partial charge on any atom is -0.359 e. The molecule has 0 saturated heterocycles. The first kappa shape index (κ1) is 32.4. The van der Waals surface area contributed by atoms with Gasteiger partial charge in [-0.05, 0) is 55.3 Å². The minimum absolute atomic E-state index is 0.184. The van der Waals surface area contributed by atoms with E-state index in [0.717, 1.165) is 34.6 Å². The number of aromatic amines is 2. The van der Waals surface area contributed by atoms with Gasteiger partial charge in [0.1, 0.15) is 11.4 Å². The summed E-state index contributed by atoms with van der Waals surface area (Å²) in [5.41, 5.74) is 3.35. The molecule has 0 spiro atoms. The van der Waals surface area contributed by atoms with Crippen LogP contribution in [0.25, 0.3) is 21.8 Å². The Morgan fingerprint density at radius 2 is 1.20 bits per heavy atom. The van der Waals surface area contributed by atoms with Crippen LogP contribution in [-0.4, -0.2) is 94.0 Å². The first-order valence-corrected chi connectivity index (χ1v) is 14.7. The van der Waals surface area contributed by atoms with Crippen molar-refractivity contribution in [1.82, 2.24) is 41.9 Å². The van der Waals surface area contributed by atoms with Gasteiger partial charge in [-0.1, -0.05) is 6.07 Å². The molecule has 0 atom stereocenters. The zero-order chi connectivity index (χ0) is 32.2. The second kappa shape index (κ2) is 15.8. The molecule has 0 aliphatic rings. The highest BCUT2D eigenvalue weighted by atomic mass is 16.2. The number of H-pyrrole nitrogens is 2. The topological polar surface area (TPSA) is 192 Å². The molecule has 2 aromatic carbocycles. The normalized spacial score (nSPS) is 11.7. The number of guanidine groups is 2. The number of hydrogen-bond donors (Lipinski definition) is 9. The molecule has 14 nitrogen and oxygen atoms in total. The predicted octanol–water partition coefficient (Wildman–Crippen LogP) is 1.73. The molecule has 4 rings (SSSR count). The number of carbonyl (C=O) groups is 3. The average Bonchev–Trinajstić information content (AvgIpc) is 3.68. The van der Waals surface area contributed by atoms with Crippen LogP contribution in [0.4, 0.5) is 5.69 Å². The molecule has 0 fully saturated rings. The number of rotatable bonds is 12. The number of amides is 3. The van der Waals surface area contributed by atoms with Crippen molar-refractivity contribution >= 4 is 57.1 Å². The molecule has 0 saturated carbocycles. The molecule has 0 aliphatic heterocycles. The van der Waals surface area contributed by atoms with Crippen molar-refractivity contribution in [1.29, 1.82) is 0 Å². The monoisotopic (exact) mass is 615 g/mol. The van der Waals surface area contributed by atoms with Gasteiger partial charge in [0.15, 0.2) is 11.9 Å². The number of hydrogen-bond acceptors (Lipinski definition) is 5. The smallest absolute Gasteiger partial charge is 0.272 e. The summed E-state index contributed by atoms with van der Waals surface area (Å²) in [7, 11) is 6.97. The van der Waals surface area contributed by atoms with Crippen LogP contribution in [0.2, 0.25) is 0 Å². The van der Waals surface area contributed by atoms with Crippen LogP contribution in [0.15, 0.2) is 58.5 Å².